The van der Waals surface area contributed by atoms with Crippen molar-refractivity contribution in [3.8, 4) is 11.5 Å². The largest absolute Gasteiger partial charge is 0.497 e. The molecular weight excluding hydrogens is 202 g/mol. The molecule has 0 radical (unpaired) electrons. The maximum Gasteiger partial charge on any atom is 0.126 e. The average Bonchev–Trinajstić information content (AvgIpc) is 2.39. The summed E-state index contributed by atoms with van der Waals surface area (Å²) in [5.74, 6) is 2.35. The van der Waals surface area contributed by atoms with Gasteiger partial charge in [0.15, 0.2) is 0 Å². The Kier molecular flexibility index (Phi) is 3.67. The Bertz CT molecular complexity index is 346. The van der Waals surface area contributed by atoms with Gasteiger partial charge in [0.1, 0.15) is 11.5 Å². The molecule has 0 aromatic heterocycles. The summed E-state index contributed by atoms with van der Waals surface area (Å²) < 4.78 is 10.6. The molecule has 0 saturated carbocycles. The van der Waals surface area contributed by atoms with Crippen LogP contribution in [0.2, 0.25) is 0 Å². The second-order valence-corrected chi connectivity index (χ2v) is 4.15. The molecule has 1 N–H and O–H groups in total. The molecule has 0 bridgehead atoms. The van der Waals surface area contributed by atoms with Gasteiger partial charge in [-0.05, 0) is 31.0 Å². The van der Waals surface area contributed by atoms with Crippen molar-refractivity contribution >= 4 is 0 Å². The molecule has 1 aromatic rings. The molecule has 1 fully saturated rings. The van der Waals surface area contributed by atoms with Gasteiger partial charge in [-0.3, -0.25) is 0 Å². The molecule has 3 heteroatoms. The molecule has 0 aliphatic carbocycles. The van der Waals surface area contributed by atoms with E-state index in [9.17, 15) is 0 Å². The van der Waals surface area contributed by atoms with Gasteiger partial charge in [0, 0.05) is 18.5 Å². The lowest BCUT2D eigenvalue weighted by Gasteiger charge is -2.24. The van der Waals surface area contributed by atoms with Crippen LogP contribution in [0.5, 0.6) is 11.5 Å². The second-order valence-electron chi connectivity index (χ2n) is 4.15. The molecule has 1 aliphatic heterocycles. The third-order valence-corrected chi connectivity index (χ3v) is 3.18. The number of benzene rings is 1. The number of hydrogen-bond donors (Lipinski definition) is 1. The van der Waals surface area contributed by atoms with E-state index < -0.39 is 0 Å². The summed E-state index contributed by atoms with van der Waals surface area (Å²) in [7, 11) is 3.39. The Morgan fingerprint density at radius 3 is 2.75 bits per heavy atom. The van der Waals surface area contributed by atoms with E-state index in [1.54, 1.807) is 14.2 Å². The van der Waals surface area contributed by atoms with Crippen molar-refractivity contribution in [3.05, 3.63) is 23.8 Å². The van der Waals surface area contributed by atoms with Crippen LogP contribution in [0.3, 0.4) is 0 Å². The molecular formula is C13H19NO2. The summed E-state index contributed by atoms with van der Waals surface area (Å²) in [4.78, 5) is 0. The summed E-state index contributed by atoms with van der Waals surface area (Å²) >= 11 is 0. The number of ether oxygens (including phenoxy) is 2. The molecule has 1 heterocycles. The van der Waals surface area contributed by atoms with Crippen molar-refractivity contribution in [2.75, 3.05) is 27.3 Å². The topological polar surface area (TPSA) is 30.5 Å². The zero-order chi connectivity index (χ0) is 11.4. The third kappa shape index (κ3) is 2.30. The lowest BCUT2D eigenvalue weighted by Crippen LogP contribution is -2.28. The molecule has 0 amide bonds. The van der Waals surface area contributed by atoms with Crippen molar-refractivity contribution < 1.29 is 9.47 Å². The zero-order valence-corrected chi connectivity index (χ0v) is 9.95. The van der Waals surface area contributed by atoms with Crippen molar-refractivity contribution in [1.29, 1.82) is 0 Å². The van der Waals surface area contributed by atoms with Crippen LogP contribution in [-0.2, 0) is 0 Å². The van der Waals surface area contributed by atoms with Crippen LogP contribution in [0.15, 0.2) is 18.2 Å². The number of rotatable bonds is 3. The fourth-order valence-corrected chi connectivity index (χ4v) is 2.27. The standard InChI is InChI=1S/C13H19NO2/c1-15-11-5-6-12(13(8-11)16-2)10-4-3-7-14-9-10/h5-6,8,10,14H,3-4,7,9H2,1-2H3. The van der Waals surface area contributed by atoms with Crippen LogP contribution in [-0.4, -0.2) is 27.3 Å². The molecule has 2 rings (SSSR count). The summed E-state index contributed by atoms with van der Waals surface area (Å²) in [6, 6.07) is 6.09. The van der Waals surface area contributed by atoms with E-state index in [-0.39, 0.29) is 0 Å². The molecule has 1 saturated heterocycles. The zero-order valence-electron chi connectivity index (χ0n) is 9.95. The summed E-state index contributed by atoms with van der Waals surface area (Å²) in [6.07, 6.45) is 2.47. The number of nitrogens with one attached hydrogen (secondary N) is 1. The monoisotopic (exact) mass is 221 g/mol. The molecule has 1 atom stereocenters. The maximum absolute atomic E-state index is 5.43. The van der Waals surface area contributed by atoms with E-state index in [2.05, 4.69) is 11.4 Å². The highest BCUT2D eigenvalue weighted by Crippen LogP contribution is 2.33. The molecule has 1 aromatic carbocycles. The van der Waals surface area contributed by atoms with Crippen molar-refractivity contribution in [2.45, 2.75) is 18.8 Å². The van der Waals surface area contributed by atoms with Gasteiger partial charge in [0.05, 0.1) is 14.2 Å². The van der Waals surface area contributed by atoms with Gasteiger partial charge in [-0.25, -0.2) is 0 Å². The molecule has 16 heavy (non-hydrogen) atoms. The first-order valence-electron chi connectivity index (χ1n) is 5.78. The summed E-state index contributed by atoms with van der Waals surface area (Å²) in [6.45, 7) is 2.18. The predicted octanol–water partition coefficient (Wildman–Crippen LogP) is 2.17. The minimum absolute atomic E-state index is 0.564. The van der Waals surface area contributed by atoms with Gasteiger partial charge in [0.25, 0.3) is 0 Å². The van der Waals surface area contributed by atoms with Crippen LogP contribution in [0.1, 0.15) is 24.3 Å². The minimum atomic E-state index is 0.564. The fourth-order valence-electron chi connectivity index (χ4n) is 2.27. The Labute approximate surface area is 96.8 Å². The van der Waals surface area contributed by atoms with Crippen LogP contribution in [0.4, 0.5) is 0 Å². The summed E-state index contributed by atoms with van der Waals surface area (Å²) in [5, 5.41) is 3.43. The Hall–Kier alpha value is -1.22. The molecule has 1 unspecified atom stereocenters. The molecule has 88 valence electrons. The average molecular weight is 221 g/mol. The lowest BCUT2D eigenvalue weighted by molar-refractivity contribution is 0.380. The molecule has 0 spiro atoms. The predicted molar refractivity (Wildman–Crippen MR) is 64.4 cm³/mol. The van der Waals surface area contributed by atoms with Crippen molar-refractivity contribution in [1.82, 2.24) is 5.32 Å². The Balaban J connectivity index is 2.24. The Morgan fingerprint density at radius 2 is 2.12 bits per heavy atom. The van der Waals surface area contributed by atoms with E-state index in [1.165, 1.54) is 18.4 Å². The van der Waals surface area contributed by atoms with Crippen LogP contribution in [0, 0.1) is 0 Å². The third-order valence-electron chi connectivity index (χ3n) is 3.18. The first kappa shape index (κ1) is 11.3. The quantitative estimate of drug-likeness (QED) is 0.848. The lowest BCUT2D eigenvalue weighted by atomic mass is 9.91. The van der Waals surface area contributed by atoms with Gasteiger partial charge >= 0.3 is 0 Å². The highest BCUT2D eigenvalue weighted by molar-refractivity contribution is 5.43. The first-order valence-corrected chi connectivity index (χ1v) is 5.78. The van der Waals surface area contributed by atoms with Crippen LogP contribution < -0.4 is 14.8 Å². The first-order chi connectivity index (χ1) is 7.85. The smallest absolute Gasteiger partial charge is 0.126 e. The highest BCUT2D eigenvalue weighted by atomic mass is 16.5. The van der Waals surface area contributed by atoms with Gasteiger partial charge < -0.3 is 14.8 Å². The molecule has 3 nitrogen and oxygen atoms in total. The van der Waals surface area contributed by atoms with Gasteiger partial charge in [0.2, 0.25) is 0 Å². The number of hydrogen-bond acceptors (Lipinski definition) is 3. The SMILES string of the molecule is COc1ccc(C2CCCNC2)c(OC)c1. The minimum Gasteiger partial charge on any atom is -0.497 e. The number of methoxy groups -OCH3 is 2. The number of piperidine rings is 1. The van der Waals surface area contributed by atoms with E-state index in [4.69, 9.17) is 9.47 Å². The highest BCUT2D eigenvalue weighted by Gasteiger charge is 2.19. The van der Waals surface area contributed by atoms with Gasteiger partial charge in [-0.2, -0.15) is 0 Å². The van der Waals surface area contributed by atoms with Crippen LogP contribution >= 0.6 is 0 Å². The van der Waals surface area contributed by atoms with E-state index in [0.717, 1.165) is 24.6 Å². The fraction of sp³-hybridized carbons (Fsp3) is 0.538. The summed E-state index contributed by atoms with van der Waals surface area (Å²) in [5.41, 5.74) is 1.29. The van der Waals surface area contributed by atoms with Crippen molar-refractivity contribution in [3.63, 3.8) is 0 Å². The Morgan fingerprint density at radius 1 is 1.25 bits per heavy atom. The van der Waals surface area contributed by atoms with Crippen molar-refractivity contribution in [2.24, 2.45) is 0 Å². The van der Waals surface area contributed by atoms with E-state index in [1.807, 2.05) is 12.1 Å². The molecule has 1 aliphatic rings. The van der Waals surface area contributed by atoms with E-state index >= 15 is 0 Å². The normalized spacial score (nSPS) is 20.5. The van der Waals surface area contributed by atoms with Gasteiger partial charge in [-0.15, -0.1) is 0 Å². The second kappa shape index (κ2) is 5.21. The van der Waals surface area contributed by atoms with Crippen LogP contribution in [0.25, 0.3) is 0 Å². The maximum atomic E-state index is 5.43. The van der Waals surface area contributed by atoms with Gasteiger partial charge in [-0.1, -0.05) is 6.07 Å². The van der Waals surface area contributed by atoms with E-state index in [0.29, 0.717) is 5.92 Å².